The third-order valence-electron chi connectivity index (χ3n) is 3.86. The van der Waals surface area contributed by atoms with E-state index >= 15 is 0 Å². The molecule has 0 radical (unpaired) electrons. The van der Waals surface area contributed by atoms with E-state index in [1.807, 2.05) is 25.3 Å². The van der Waals surface area contributed by atoms with E-state index in [0.717, 1.165) is 35.0 Å². The minimum absolute atomic E-state index is 0.261. The van der Waals surface area contributed by atoms with Gasteiger partial charge in [-0.15, -0.1) is 0 Å². The van der Waals surface area contributed by atoms with Crippen LogP contribution in [0.3, 0.4) is 0 Å². The van der Waals surface area contributed by atoms with Crippen molar-refractivity contribution >= 4 is 23.2 Å². The molecule has 4 heteroatoms. The van der Waals surface area contributed by atoms with E-state index in [9.17, 15) is 0 Å². The molecule has 1 aliphatic rings. The van der Waals surface area contributed by atoms with Gasteiger partial charge in [0.05, 0.1) is 6.10 Å². The van der Waals surface area contributed by atoms with Crippen molar-refractivity contribution in [3.8, 4) is 0 Å². The second-order valence-electron chi connectivity index (χ2n) is 5.54. The molecule has 1 N–H and O–H groups in total. The highest BCUT2D eigenvalue weighted by atomic mass is 35.5. The summed E-state index contributed by atoms with van der Waals surface area (Å²) in [7, 11) is 1.81. The van der Waals surface area contributed by atoms with Gasteiger partial charge in [-0.3, -0.25) is 0 Å². The van der Waals surface area contributed by atoms with Crippen LogP contribution in [-0.4, -0.2) is 25.8 Å². The van der Waals surface area contributed by atoms with Crippen LogP contribution in [0.2, 0.25) is 10.0 Å². The van der Waals surface area contributed by atoms with Gasteiger partial charge < -0.3 is 10.1 Å². The van der Waals surface area contributed by atoms with Crippen LogP contribution in [-0.2, 0) is 11.2 Å². The number of ether oxygens (including phenoxy) is 1. The monoisotopic (exact) mass is 315 g/mol. The van der Waals surface area contributed by atoms with E-state index in [4.69, 9.17) is 27.9 Å². The summed E-state index contributed by atoms with van der Waals surface area (Å²) in [5, 5.41) is 5.13. The Morgan fingerprint density at radius 2 is 2.10 bits per heavy atom. The van der Waals surface area contributed by atoms with Gasteiger partial charge >= 0.3 is 0 Å². The van der Waals surface area contributed by atoms with Gasteiger partial charge in [-0.2, -0.15) is 0 Å². The molecule has 0 bridgehead atoms. The van der Waals surface area contributed by atoms with E-state index in [-0.39, 0.29) is 6.10 Å². The smallest absolute Gasteiger partial charge is 0.0755 e. The Morgan fingerprint density at radius 3 is 2.70 bits per heavy atom. The molecule has 1 aromatic rings. The van der Waals surface area contributed by atoms with Crippen molar-refractivity contribution in [2.24, 2.45) is 5.92 Å². The maximum atomic E-state index is 6.29. The fraction of sp³-hybridized carbons (Fsp3) is 0.625. The van der Waals surface area contributed by atoms with Crippen LogP contribution < -0.4 is 5.32 Å². The predicted octanol–water partition coefficient (Wildman–Crippen LogP) is 4.33. The van der Waals surface area contributed by atoms with Crippen molar-refractivity contribution in [1.29, 1.82) is 0 Å². The number of nitrogens with one attached hydrogen (secondary N) is 1. The summed E-state index contributed by atoms with van der Waals surface area (Å²) in [6, 6.07) is 5.96. The normalized spacial score (nSPS) is 18.0. The van der Waals surface area contributed by atoms with E-state index in [2.05, 4.69) is 12.2 Å². The van der Waals surface area contributed by atoms with Crippen molar-refractivity contribution in [2.75, 3.05) is 13.7 Å². The van der Waals surface area contributed by atoms with E-state index < -0.39 is 0 Å². The summed E-state index contributed by atoms with van der Waals surface area (Å²) in [6.45, 7) is 3.17. The van der Waals surface area contributed by atoms with Gasteiger partial charge in [0, 0.05) is 23.2 Å². The second-order valence-corrected chi connectivity index (χ2v) is 6.38. The Labute approximate surface area is 131 Å². The van der Waals surface area contributed by atoms with Gasteiger partial charge in [0.25, 0.3) is 0 Å². The second kappa shape index (κ2) is 7.65. The lowest BCUT2D eigenvalue weighted by atomic mass is 9.98. The molecule has 2 unspecified atom stereocenters. The third-order valence-corrected chi connectivity index (χ3v) is 4.46. The number of hydrogen-bond donors (Lipinski definition) is 1. The zero-order valence-corrected chi connectivity index (χ0v) is 13.7. The zero-order valence-electron chi connectivity index (χ0n) is 12.2. The van der Waals surface area contributed by atoms with Crippen molar-refractivity contribution in [3.05, 3.63) is 33.8 Å². The van der Waals surface area contributed by atoms with Gasteiger partial charge in [0.15, 0.2) is 0 Å². The SMILES string of the molecule is CCCNC(Cc1cc(Cl)ccc1Cl)C(OC)C1CC1. The lowest BCUT2D eigenvalue weighted by Crippen LogP contribution is -2.44. The maximum absolute atomic E-state index is 6.29. The molecule has 1 aliphatic carbocycles. The molecule has 0 saturated heterocycles. The molecule has 1 fully saturated rings. The highest BCUT2D eigenvalue weighted by molar-refractivity contribution is 6.33. The third kappa shape index (κ3) is 4.36. The standard InChI is InChI=1S/C16H23Cl2NO/c1-3-8-19-15(16(20-2)11-4-5-11)10-12-9-13(17)6-7-14(12)18/h6-7,9,11,15-16,19H,3-5,8,10H2,1-2H3. The number of methoxy groups -OCH3 is 1. The molecule has 0 heterocycles. The highest BCUT2D eigenvalue weighted by Crippen LogP contribution is 2.36. The Morgan fingerprint density at radius 1 is 1.35 bits per heavy atom. The number of benzene rings is 1. The summed E-state index contributed by atoms with van der Waals surface area (Å²) in [4.78, 5) is 0. The molecule has 2 nitrogen and oxygen atoms in total. The van der Waals surface area contributed by atoms with E-state index in [1.54, 1.807) is 0 Å². The van der Waals surface area contributed by atoms with Crippen molar-refractivity contribution in [3.63, 3.8) is 0 Å². The summed E-state index contributed by atoms with van der Waals surface area (Å²) >= 11 is 12.4. The van der Waals surface area contributed by atoms with Crippen LogP contribution >= 0.6 is 23.2 Å². The molecule has 1 saturated carbocycles. The van der Waals surface area contributed by atoms with Crippen molar-refractivity contribution in [2.45, 2.75) is 44.8 Å². The van der Waals surface area contributed by atoms with Crippen LogP contribution in [0.4, 0.5) is 0 Å². The van der Waals surface area contributed by atoms with Gasteiger partial charge in [0.2, 0.25) is 0 Å². The van der Waals surface area contributed by atoms with Crippen molar-refractivity contribution < 1.29 is 4.74 Å². The summed E-state index contributed by atoms with van der Waals surface area (Å²) in [5.74, 6) is 0.687. The first-order valence-electron chi connectivity index (χ1n) is 7.35. The van der Waals surface area contributed by atoms with E-state index in [0.29, 0.717) is 12.0 Å². The minimum Gasteiger partial charge on any atom is -0.380 e. The van der Waals surface area contributed by atoms with Gasteiger partial charge in [-0.1, -0.05) is 30.1 Å². The van der Waals surface area contributed by atoms with Gasteiger partial charge in [0.1, 0.15) is 0 Å². The Balaban J connectivity index is 2.11. The first-order valence-corrected chi connectivity index (χ1v) is 8.11. The van der Waals surface area contributed by atoms with Gasteiger partial charge in [-0.05, 0) is 61.9 Å². The van der Waals surface area contributed by atoms with Crippen molar-refractivity contribution in [1.82, 2.24) is 5.32 Å². The molecule has 20 heavy (non-hydrogen) atoms. The van der Waals surface area contributed by atoms with Crippen LogP contribution in [0, 0.1) is 5.92 Å². The molecule has 0 amide bonds. The molecule has 112 valence electrons. The van der Waals surface area contributed by atoms with E-state index in [1.165, 1.54) is 12.8 Å². The molecule has 0 aliphatic heterocycles. The Kier molecular flexibility index (Phi) is 6.16. The van der Waals surface area contributed by atoms with Crippen LogP contribution in [0.25, 0.3) is 0 Å². The molecule has 0 spiro atoms. The first kappa shape index (κ1) is 16.1. The largest absolute Gasteiger partial charge is 0.380 e. The number of rotatable bonds is 8. The molecular weight excluding hydrogens is 293 g/mol. The molecule has 1 aromatic carbocycles. The highest BCUT2D eigenvalue weighted by Gasteiger charge is 2.36. The molecule has 0 aromatic heterocycles. The Hall–Kier alpha value is -0.280. The predicted molar refractivity (Wildman–Crippen MR) is 85.8 cm³/mol. The quantitative estimate of drug-likeness (QED) is 0.771. The lowest BCUT2D eigenvalue weighted by molar-refractivity contribution is 0.0511. The Bertz CT molecular complexity index is 434. The summed E-state index contributed by atoms with van der Waals surface area (Å²) < 4.78 is 5.74. The average molecular weight is 316 g/mol. The molecule has 2 atom stereocenters. The zero-order chi connectivity index (χ0) is 14.5. The van der Waals surface area contributed by atoms with Crippen LogP contribution in [0.1, 0.15) is 31.7 Å². The number of hydrogen-bond acceptors (Lipinski definition) is 2. The minimum atomic E-state index is 0.261. The summed E-state index contributed by atoms with van der Waals surface area (Å²) in [5.41, 5.74) is 1.09. The van der Waals surface area contributed by atoms with Crippen LogP contribution in [0.15, 0.2) is 18.2 Å². The van der Waals surface area contributed by atoms with Crippen LogP contribution in [0.5, 0.6) is 0 Å². The molecule has 2 rings (SSSR count). The fourth-order valence-corrected chi connectivity index (χ4v) is 3.07. The first-order chi connectivity index (χ1) is 9.65. The number of halogens is 2. The lowest BCUT2D eigenvalue weighted by Gasteiger charge is -2.27. The topological polar surface area (TPSA) is 21.3 Å². The molecular formula is C16H23Cl2NO. The fourth-order valence-electron chi connectivity index (χ4n) is 2.68. The maximum Gasteiger partial charge on any atom is 0.0755 e. The van der Waals surface area contributed by atoms with Gasteiger partial charge in [-0.25, -0.2) is 0 Å². The summed E-state index contributed by atoms with van der Waals surface area (Å²) in [6.07, 6.45) is 4.77. The average Bonchev–Trinajstić information content (AvgIpc) is 3.25.